The summed E-state index contributed by atoms with van der Waals surface area (Å²) in [6.45, 7) is 0.703. The molecule has 0 fully saturated rings. The molecule has 0 radical (unpaired) electrons. The molecule has 15 nitrogen and oxygen atoms in total. The molecule has 0 spiro atoms. The van der Waals surface area contributed by atoms with E-state index in [-0.39, 0.29) is 12.2 Å². The summed E-state index contributed by atoms with van der Waals surface area (Å²) in [5.41, 5.74) is 5.91. The number of benzene rings is 1. The Labute approximate surface area is 212 Å². The third-order valence-electron chi connectivity index (χ3n) is 5.10. The van der Waals surface area contributed by atoms with Crippen LogP contribution >= 0.6 is 0 Å². The first-order chi connectivity index (χ1) is 17.3. The zero-order chi connectivity index (χ0) is 28.3. The number of aromatic hydroxyl groups is 1. The highest BCUT2D eigenvalue weighted by Gasteiger charge is 2.32. The summed E-state index contributed by atoms with van der Waals surface area (Å²) in [5.74, 6) is -5.40. The fourth-order valence-corrected chi connectivity index (χ4v) is 2.96. The summed E-state index contributed by atoms with van der Waals surface area (Å²) < 4.78 is 0. The zero-order valence-electron chi connectivity index (χ0n) is 20.2. The molecule has 1 aromatic carbocycles. The van der Waals surface area contributed by atoms with Crippen LogP contribution in [0.4, 0.5) is 0 Å². The molecule has 1 aromatic rings. The van der Waals surface area contributed by atoms with Crippen LogP contribution in [0.15, 0.2) is 24.3 Å². The fraction of sp³-hybridized carbons (Fsp3) is 0.500. The van der Waals surface area contributed by atoms with Crippen LogP contribution in [-0.4, -0.2) is 105 Å². The Bertz CT molecular complexity index is 954. The lowest BCUT2D eigenvalue weighted by molar-refractivity contribution is -0.145. The second-order valence-electron chi connectivity index (χ2n) is 8.27. The maximum Gasteiger partial charge on any atom is 0.328 e. The molecule has 15 heteroatoms. The van der Waals surface area contributed by atoms with Gasteiger partial charge >= 0.3 is 5.97 Å². The predicted octanol–water partition coefficient (Wildman–Crippen LogP) is -4.33. The van der Waals surface area contributed by atoms with Gasteiger partial charge in [-0.25, -0.2) is 4.79 Å². The number of hydrogen-bond donors (Lipinski definition) is 10. The van der Waals surface area contributed by atoms with Crippen molar-refractivity contribution in [3.8, 4) is 5.75 Å². The van der Waals surface area contributed by atoms with Gasteiger partial charge in [0.15, 0.2) is 6.04 Å². The summed E-state index contributed by atoms with van der Waals surface area (Å²) in [6.07, 6.45) is -1.66. The van der Waals surface area contributed by atoms with Crippen LogP contribution in [0.25, 0.3) is 0 Å². The first-order valence-electron chi connectivity index (χ1n) is 11.2. The normalized spacial score (nSPS) is 15.7. The largest absolute Gasteiger partial charge is 0.508 e. The number of carboxylic acid groups (broad SMARTS) is 1. The molecular weight excluding hydrogens is 494 g/mol. The van der Waals surface area contributed by atoms with Crippen molar-refractivity contribution in [1.82, 2.24) is 21.3 Å². The number of phenols is 1. The van der Waals surface area contributed by atoms with Crippen LogP contribution in [0.2, 0.25) is 0 Å². The Morgan fingerprint density at radius 3 is 1.65 bits per heavy atom. The van der Waals surface area contributed by atoms with Crippen LogP contribution in [0.5, 0.6) is 5.75 Å². The minimum absolute atomic E-state index is 0.0594. The van der Waals surface area contributed by atoms with Crippen LogP contribution in [0.1, 0.15) is 19.4 Å². The van der Waals surface area contributed by atoms with Crippen molar-refractivity contribution < 1.29 is 49.5 Å². The van der Waals surface area contributed by atoms with Crippen molar-refractivity contribution in [2.75, 3.05) is 13.2 Å². The third-order valence-corrected chi connectivity index (χ3v) is 5.10. The number of amides is 4. The molecular formula is C22H33N5O10. The number of rotatable bonds is 14. The number of aliphatic hydroxyl groups excluding tert-OH is 3. The summed E-state index contributed by atoms with van der Waals surface area (Å²) in [4.78, 5) is 61.2. The maximum absolute atomic E-state index is 13.0. The number of nitrogens with one attached hydrogen (secondary N) is 4. The topological polar surface area (TPSA) is 261 Å². The van der Waals surface area contributed by atoms with E-state index in [1.54, 1.807) is 0 Å². The van der Waals surface area contributed by atoms with E-state index in [9.17, 15) is 44.4 Å². The lowest BCUT2D eigenvalue weighted by Crippen LogP contribution is -2.60. The molecule has 0 aliphatic carbocycles. The van der Waals surface area contributed by atoms with Crippen LogP contribution < -0.4 is 27.0 Å². The van der Waals surface area contributed by atoms with E-state index in [1.165, 1.54) is 31.2 Å². The predicted molar refractivity (Wildman–Crippen MR) is 127 cm³/mol. The van der Waals surface area contributed by atoms with Crippen LogP contribution in [-0.2, 0) is 30.4 Å². The molecule has 4 amide bonds. The fourth-order valence-electron chi connectivity index (χ4n) is 2.96. The average Bonchev–Trinajstić information content (AvgIpc) is 2.83. The van der Waals surface area contributed by atoms with Crippen molar-refractivity contribution in [1.29, 1.82) is 0 Å². The van der Waals surface area contributed by atoms with Gasteiger partial charge in [-0.05, 0) is 31.5 Å². The monoisotopic (exact) mass is 527 g/mol. The van der Waals surface area contributed by atoms with E-state index >= 15 is 0 Å². The Kier molecular flexibility index (Phi) is 12.4. The number of hydrogen-bond acceptors (Lipinski definition) is 10. The van der Waals surface area contributed by atoms with E-state index in [2.05, 4.69) is 16.0 Å². The zero-order valence-corrected chi connectivity index (χ0v) is 20.2. The minimum atomic E-state index is -1.72. The van der Waals surface area contributed by atoms with Crippen LogP contribution in [0, 0.1) is 0 Å². The highest BCUT2D eigenvalue weighted by molar-refractivity contribution is 5.95. The van der Waals surface area contributed by atoms with E-state index < -0.39 is 79.1 Å². The summed E-state index contributed by atoms with van der Waals surface area (Å²) in [5, 5.41) is 56.0. The van der Waals surface area contributed by atoms with Gasteiger partial charge in [0, 0.05) is 6.42 Å². The Morgan fingerprint density at radius 1 is 0.784 bits per heavy atom. The molecule has 0 saturated heterocycles. The van der Waals surface area contributed by atoms with Crippen molar-refractivity contribution >= 4 is 29.6 Å². The molecule has 6 atom stereocenters. The molecule has 0 unspecified atom stereocenters. The van der Waals surface area contributed by atoms with Gasteiger partial charge in [-0.1, -0.05) is 12.1 Å². The molecule has 37 heavy (non-hydrogen) atoms. The minimum Gasteiger partial charge on any atom is -0.508 e. The number of aliphatic carboxylic acids is 1. The van der Waals surface area contributed by atoms with E-state index in [4.69, 9.17) is 10.8 Å². The summed E-state index contributed by atoms with van der Waals surface area (Å²) in [6, 6.07) is -1.66. The maximum atomic E-state index is 13.0. The van der Waals surface area contributed by atoms with Crippen molar-refractivity contribution in [2.24, 2.45) is 5.73 Å². The van der Waals surface area contributed by atoms with Gasteiger partial charge in [-0.15, -0.1) is 0 Å². The molecule has 0 aliphatic rings. The Hall–Kier alpha value is -3.79. The standard InChI is InChI=1S/C22H33N5O10/c1-10(23)18(32)25-15(8-28)20(34)24-14(7-12-3-5-13(31)6-4-12)19(33)26-16(9-29)21(35)27-17(11(2)30)22(36)37/h3-6,10-11,14-17,28-31H,7-9,23H2,1-2H3,(H,24,34)(H,25,32)(H,26,33)(H,27,35)(H,36,37)/t10-,11+,14-,15-,16-,17-/m0/s1. The van der Waals surface area contributed by atoms with Gasteiger partial charge in [0.1, 0.15) is 23.9 Å². The van der Waals surface area contributed by atoms with Crippen LogP contribution in [0.3, 0.4) is 0 Å². The Balaban J connectivity index is 3.11. The SMILES string of the molecule is C[C@H](N)C(=O)N[C@@H](CO)C(=O)N[C@@H](Cc1ccc(O)cc1)C(=O)N[C@@H](CO)C(=O)N[C@H](C(=O)O)[C@@H](C)O. The van der Waals surface area contributed by atoms with Crippen molar-refractivity contribution in [3.05, 3.63) is 29.8 Å². The van der Waals surface area contributed by atoms with Gasteiger partial charge in [-0.2, -0.15) is 0 Å². The first kappa shape index (κ1) is 31.2. The number of aliphatic hydroxyl groups is 3. The molecule has 11 N–H and O–H groups in total. The lowest BCUT2D eigenvalue weighted by atomic mass is 10.0. The van der Waals surface area contributed by atoms with E-state index in [0.717, 1.165) is 6.92 Å². The number of carbonyl (C=O) groups is 5. The van der Waals surface area contributed by atoms with Crippen molar-refractivity contribution in [3.63, 3.8) is 0 Å². The van der Waals surface area contributed by atoms with Gasteiger partial charge in [0.2, 0.25) is 23.6 Å². The molecule has 0 aliphatic heterocycles. The first-order valence-corrected chi connectivity index (χ1v) is 11.2. The second kappa shape index (κ2) is 14.7. The molecule has 206 valence electrons. The average molecular weight is 528 g/mol. The molecule has 0 bridgehead atoms. The van der Waals surface area contributed by atoms with Crippen molar-refractivity contribution in [2.45, 2.75) is 56.6 Å². The second-order valence-corrected chi connectivity index (χ2v) is 8.27. The molecule has 0 aromatic heterocycles. The lowest BCUT2D eigenvalue weighted by Gasteiger charge is -2.25. The highest BCUT2D eigenvalue weighted by atomic mass is 16.4. The number of carboxylic acids is 1. The number of carbonyl (C=O) groups excluding carboxylic acids is 4. The molecule has 1 rings (SSSR count). The molecule has 0 heterocycles. The third kappa shape index (κ3) is 10.0. The smallest absolute Gasteiger partial charge is 0.328 e. The van der Waals surface area contributed by atoms with E-state index in [1.807, 2.05) is 5.32 Å². The summed E-state index contributed by atoms with van der Waals surface area (Å²) in [7, 11) is 0. The Morgan fingerprint density at radius 2 is 1.22 bits per heavy atom. The van der Waals surface area contributed by atoms with Gasteiger partial charge in [-0.3, -0.25) is 19.2 Å². The van der Waals surface area contributed by atoms with Gasteiger partial charge in [0.05, 0.1) is 25.4 Å². The van der Waals surface area contributed by atoms with Gasteiger partial charge in [0.25, 0.3) is 0 Å². The molecule has 0 saturated carbocycles. The number of phenolic OH excluding ortho intramolecular Hbond substituents is 1. The highest BCUT2D eigenvalue weighted by Crippen LogP contribution is 2.12. The quantitative estimate of drug-likeness (QED) is 0.111. The number of nitrogens with two attached hydrogens (primary N) is 1. The van der Waals surface area contributed by atoms with Gasteiger partial charge < -0.3 is 52.5 Å². The van der Waals surface area contributed by atoms with E-state index in [0.29, 0.717) is 5.56 Å². The summed E-state index contributed by atoms with van der Waals surface area (Å²) >= 11 is 0.